The minimum absolute atomic E-state index is 0.913. The maximum Gasteiger partial charge on any atom is 0.183 e. The third-order valence-corrected chi connectivity index (χ3v) is 2.18. The van der Waals surface area contributed by atoms with Gasteiger partial charge in [-0.25, -0.2) is 0 Å². The van der Waals surface area contributed by atoms with Gasteiger partial charge >= 0.3 is 0 Å². The molecule has 0 unspecified atom stereocenters. The SMILES string of the molecule is CNCCCO[Si](C)(C)C. The highest BCUT2D eigenvalue weighted by Crippen LogP contribution is 2.01. The molecule has 62 valence electrons. The summed E-state index contributed by atoms with van der Waals surface area (Å²) in [6.07, 6.45) is 1.13. The lowest BCUT2D eigenvalue weighted by atomic mass is 10.5. The molecule has 0 atom stereocenters. The second-order valence-corrected chi connectivity index (χ2v) is 7.93. The standard InChI is InChI=1S/C7H19NOSi/c1-8-6-5-7-9-10(2,3)4/h8H,5-7H2,1-4H3. The smallest absolute Gasteiger partial charge is 0.183 e. The number of rotatable bonds is 5. The second kappa shape index (κ2) is 4.88. The molecule has 2 nitrogen and oxygen atoms in total. The number of nitrogens with one attached hydrogen (secondary N) is 1. The molecule has 0 bridgehead atoms. The van der Waals surface area contributed by atoms with Gasteiger partial charge in [-0.15, -0.1) is 0 Å². The molecular weight excluding hydrogens is 142 g/mol. The van der Waals surface area contributed by atoms with Crippen molar-refractivity contribution in [3.63, 3.8) is 0 Å². The van der Waals surface area contributed by atoms with Crippen LogP contribution in [0.3, 0.4) is 0 Å². The van der Waals surface area contributed by atoms with E-state index >= 15 is 0 Å². The van der Waals surface area contributed by atoms with Crippen LogP contribution in [0.1, 0.15) is 6.42 Å². The molecule has 0 heterocycles. The largest absolute Gasteiger partial charge is 0.418 e. The Balaban J connectivity index is 3.04. The van der Waals surface area contributed by atoms with Crippen LogP contribution in [-0.2, 0) is 4.43 Å². The van der Waals surface area contributed by atoms with Gasteiger partial charge < -0.3 is 9.74 Å². The van der Waals surface area contributed by atoms with Crippen molar-refractivity contribution in [2.45, 2.75) is 26.1 Å². The first-order valence-electron chi connectivity index (χ1n) is 3.85. The van der Waals surface area contributed by atoms with Gasteiger partial charge in [0.25, 0.3) is 0 Å². The summed E-state index contributed by atoms with van der Waals surface area (Å²) in [5, 5.41) is 3.09. The van der Waals surface area contributed by atoms with Crippen LogP contribution >= 0.6 is 0 Å². The van der Waals surface area contributed by atoms with E-state index in [-0.39, 0.29) is 0 Å². The third kappa shape index (κ3) is 8.14. The van der Waals surface area contributed by atoms with E-state index < -0.39 is 8.32 Å². The molecular formula is C7H19NOSi. The van der Waals surface area contributed by atoms with Crippen LogP contribution in [-0.4, -0.2) is 28.5 Å². The van der Waals surface area contributed by atoms with E-state index in [0.29, 0.717) is 0 Å². The molecule has 0 aromatic heterocycles. The lowest BCUT2D eigenvalue weighted by molar-refractivity contribution is 0.304. The lowest BCUT2D eigenvalue weighted by Crippen LogP contribution is -2.26. The normalized spacial score (nSPS) is 12.0. The molecule has 0 aliphatic heterocycles. The van der Waals surface area contributed by atoms with Gasteiger partial charge in [0.1, 0.15) is 0 Å². The summed E-state index contributed by atoms with van der Waals surface area (Å²) in [5.41, 5.74) is 0. The fourth-order valence-corrected chi connectivity index (χ4v) is 1.38. The van der Waals surface area contributed by atoms with Gasteiger partial charge in [0.05, 0.1) is 0 Å². The van der Waals surface area contributed by atoms with Gasteiger partial charge in [-0.3, -0.25) is 0 Å². The number of hydrogen-bond acceptors (Lipinski definition) is 2. The minimum Gasteiger partial charge on any atom is -0.418 e. The zero-order chi connectivity index (χ0) is 8.04. The molecule has 0 amide bonds. The van der Waals surface area contributed by atoms with Gasteiger partial charge in [0, 0.05) is 6.61 Å². The van der Waals surface area contributed by atoms with E-state index in [1.54, 1.807) is 0 Å². The third-order valence-electron chi connectivity index (χ3n) is 1.11. The van der Waals surface area contributed by atoms with Crippen molar-refractivity contribution in [2.24, 2.45) is 0 Å². The topological polar surface area (TPSA) is 21.3 Å². The Hall–Kier alpha value is 0.137. The van der Waals surface area contributed by atoms with Gasteiger partial charge in [0.15, 0.2) is 8.32 Å². The van der Waals surface area contributed by atoms with E-state index in [9.17, 15) is 0 Å². The summed E-state index contributed by atoms with van der Waals surface area (Å²) in [7, 11) is 0.732. The molecule has 1 N–H and O–H groups in total. The highest BCUT2D eigenvalue weighted by molar-refractivity contribution is 6.69. The van der Waals surface area contributed by atoms with Crippen molar-refractivity contribution >= 4 is 8.32 Å². The van der Waals surface area contributed by atoms with E-state index in [0.717, 1.165) is 19.6 Å². The summed E-state index contributed by atoms with van der Waals surface area (Å²) in [4.78, 5) is 0. The second-order valence-electron chi connectivity index (χ2n) is 3.42. The fraction of sp³-hybridized carbons (Fsp3) is 1.00. The Morgan fingerprint density at radius 1 is 1.30 bits per heavy atom. The molecule has 10 heavy (non-hydrogen) atoms. The first-order valence-corrected chi connectivity index (χ1v) is 7.25. The van der Waals surface area contributed by atoms with Crippen molar-refractivity contribution in [1.29, 1.82) is 0 Å². The molecule has 0 spiro atoms. The average molecular weight is 161 g/mol. The van der Waals surface area contributed by atoms with E-state index in [1.807, 2.05) is 7.05 Å². The Morgan fingerprint density at radius 2 is 1.90 bits per heavy atom. The predicted molar refractivity (Wildman–Crippen MR) is 47.8 cm³/mol. The molecule has 0 saturated carbocycles. The quantitative estimate of drug-likeness (QED) is 0.487. The van der Waals surface area contributed by atoms with Crippen molar-refractivity contribution in [1.82, 2.24) is 5.32 Å². The summed E-state index contributed by atoms with van der Waals surface area (Å²) in [5.74, 6) is 0. The van der Waals surface area contributed by atoms with Crippen LogP contribution in [0, 0.1) is 0 Å². The van der Waals surface area contributed by atoms with Crippen molar-refractivity contribution in [3.8, 4) is 0 Å². The van der Waals surface area contributed by atoms with Gasteiger partial charge in [-0.1, -0.05) is 0 Å². The van der Waals surface area contributed by atoms with Crippen LogP contribution in [0.2, 0.25) is 19.6 Å². The molecule has 0 aliphatic carbocycles. The first kappa shape index (κ1) is 10.1. The Labute approximate surface area is 65.1 Å². The van der Waals surface area contributed by atoms with E-state index in [2.05, 4.69) is 25.0 Å². The summed E-state index contributed by atoms with van der Waals surface area (Å²) >= 11 is 0. The Morgan fingerprint density at radius 3 is 2.30 bits per heavy atom. The maximum atomic E-state index is 5.63. The van der Waals surface area contributed by atoms with Crippen molar-refractivity contribution in [3.05, 3.63) is 0 Å². The molecule has 0 aromatic carbocycles. The Bertz CT molecular complexity index is 80.2. The zero-order valence-corrected chi connectivity index (χ0v) is 8.53. The first-order chi connectivity index (χ1) is 4.56. The highest BCUT2D eigenvalue weighted by atomic mass is 28.4. The summed E-state index contributed by atoms with van der Waals surface area (Å²) in [6.45, 7) is 8.62. The van der Waals surface area contributed by atoms with Gasteiger partial charge in [0.2, 0.25) is 0 Å². The molecule has 0 radical (unpaired) electrons. The maximum absolute atomic E-state index is 5.63. The minimum atomic E-state index is -1.23. The van der Waals surface area contributed by atoms with Gasteiger partial charge in [-0.2, -0.15) is 0 Å². The highest BCUT2D eigenvalue weighted by Gasteiger charge is 2.12. The van der Waals surface area contributed by atoms with Crippen molar-refractivity contribution in [2.75, 3.05) is 20.2 Å². The fourth-order valence-electron chi connectivity index (χ4n) is 0.627. The summed E-state index contributed by atoms with van der Waals surface area (Å²) < 4.78 is 5.63. The number of hydrogen-bond donors (Lipinski definition) is 1. The molecule has 0 saturated heterocycles. The van der Waals surface area contributed by atoms with E-state index in [1.165, 1.54) is 0 Å². The molecule has 0 aromatic rings. The molecule has 0 rings (SSSR count). The van der Waals surface area contributed by atoms with Gasteiger partial charge in [-0.05, 0) is 39.7 Å². The van der Waals surface area contributed by atoms with Crippen LogP contribution in [0.25, 0.3) is 0 Å². The van der Waals surface area contributed by atoms with Crippen molar-refractivity contribution < 1.29 is 4.43 Å². The zero-order valence-electron chi connectivity index (χ0n) is 7.53. The van der Waals surface area contributed by atoms with Crippen LogP contribution in [0.15, 0.2) is 0 Å². The lowest BCUT2D eigenvalue weighted by Gasteiger charge is -2.16. The molecule has 0 fully saturated rings. The van der Waals surface area contributed by atoms with Crippen LogP contribution < -0.4 is 5.32 Å². The average Bonchev–Trinajstić information content (AvgIpc) is 1.78. The monoisotopic (exact) mass is 161 g/mol. The van der Waals surface area contributed by atoms with Crippen LogP contribution in [0.4, 0.5) is 0 Å². The molecule has 3 heteroatoms. The molecule has 0 aliphatic rings. The predicted octanol–water partition coefficient (Wildman–Crippen LogP) is 1.45. The van der Waals surface area contributed by atoms with Crippen LogP contribution in [0.5, 0.6) is 0 Å². The summed E-state index contributed by atoms with van der Waals surface area (Å²) in [6, 6.07) is 0. The Kier molecular flexibility index (Phi) is 4.94. The van der Waals surface area contributed by atoms with E-state index in [4.69, 9.17) is 4.43 Å².